The third kappa shape index (κ3) is 3.58. The van der Waals surface area contributed by atoms with Crippen molar-refractivity contribution in [3.8, 4) is 0 Å². The Hall–Kier alpha value is -1.33. The van der Waals surface area contributed by atoms with E-state index in [1.165, 1.54) is 0 Å². The molecule has 0 aliphatic carbocycles. The van der Waals surface area contributed by atoms with Gasteiger partial charge in [0.05, 0.1) is 0 Å². The average Bonchev–Trinajstić information content (AvgIpc) is 2.32. The molecule has 0 saturated heterocycles. The Morgan fingerprint density at radius 2 is 1.74 bits per heavy atom. The van der Waals surface area contributed by atoms with Crippen LogP contribution >= 0.6 is 31.9 Å². The lowest BCUT2D eigenvalue weighted by molar-refractivity contribution is 0.102. The van der Waals surface area contributed by atoms with Gasteiger partial charge < -0.3 is 11.1 Å². The summed E-state index contributed by atoms with van der Waals surface area (Å²) in [4.78, 5) is 12.1. The second-order valence-electron chi connectivity index (χ2n) is 4.18. The summed E-state index contributed by atoms with van der Waals surface area (Å²) >= 11 is 6.72. The molecule has 0 atom stereocenters. The summed E-state index contributed by atoms with van der Waals surface area (Å²) in [5, 5.41) is 2.84. The number of hydrogen-bond acceptors (Lipinski definition) is 2. The molecule has 0 saturated carbocycles. The lowest BCUT2D eigenvalue weighted by Crippen LogP contribution is -2.12. The number of benzene rings is 2. The van der Waals surface area contributed by atoms with Crippen LogP contribution in [-0.4, -0.2) is 5.91 Å². The maximum absolute atomic E-state index is 12.1. The number of hydrogen-bond donors (Lipinski definition) is 2. The lowest BCUT2D eigenvalue weighted by atomic mass is 10.1. The number of halogens is 2. The van der Waals surface area contributed by atoms with Gasteiger partial charge in [-0.15, -0.1) is 0 Å². The molecule has 0 aromatic heterocycles. The minimum atomic E-state index is -0.161. The number of carbonyl (C=O) groups excluding carboxylic acids is 1. The highest BCUT2D eigenvalue weighted by molar-refractivity contribution is 9.11. The van der Waals surface area contributed by atoms with Crippen LogP contribution in [0.15, 0.2) is 45.3 Å². The molecule has 3 nitrogen and oxygen atoms in total. The number of anilines is 2. The van der Waals surface area contributed by atoms with Crippen LogP contribution in [0.5, 0.6) is 0 Å². The van der Waals surface area contributed by atoms with Crippen LogP contribution in [0.1, 0.15) is 15.9 Å². The minimum Gasteiger partial charge on any atom is -0.399 e. The molecule has 0 bridgehead atoms. The van der Waals surface area contributed by atoms with Gasteiger partial charge in [0.15, 0.2) is 0 Å². The van der Waals surface area contributed by atoms with E-state index in [0.29, 0.717) is 11.3 Å². The van der Waals surface area contributed by atoms with Gasteiger partial charge in [0, 0.05) is 25.9 Å². The Balaban J connectivity index is 2.22. The Labute approximate surface area is 128 Å². The maximum atomic E-state index is 12.1. The van der Waals surface area contributed by atoms with Crippen molar-refractivity contribution in [2.45, 2.75) is 6.92 Å². The van der Waals surface area contributed by atoms with Crippen molar-refractivity contribution in [2.24, 2.45) is 0 Å². The minimum absolute atomic E-state index is 0.161. The zero-order valence-corrected chi connectivity index (χ0v) is 13.4. The number of carbonyl (C=O) groups is 1. The molecule has 0 radical (unpaired) electrons. The van der Waals surface area contributed by atoms with Gasteiger partial charge in [0.1, 0.15) is 0 Å². The quantitative estimate of drug-likeness (QED) is 0.757. The number of nitrogens with two attached hydrogens (primary N) is 1. The monoisotopic (exact) mass is 382 g/mol. The molecule has 2 aromatic carbocycles. The molecule has 0 unspecified atom stereocenters. The smallest absolute Gasteiger partial charge is 0.255 e. The van der Waals surface area contributed by atoms with Crippen molar-refractivity contribution in [2.75, 3.05) is 11.1 Å². The highest BCUT2D eigenvalue weighted by atomic mass is 79.9. The summed E-state index contributed by atoms with van der Waals surface area (Å²) in [6.07, 6.45) is 0. The van der Waals surface area contributed by atoms with Crippen molar-refractivity contribution in [3.05, 3.63) is 56.5 Å². The molecule has 0 aliphatic heterocycles. The van der Waals surface area contributed by atoms with Gasteiger partial charge in [-0.05, 0) is 48.9 Å². The van der Waals surface area contributed by atoms with Crippen LogP contribution in [0, 0.1) is 6.92 Å². The highest BCUT2D eigenvalue weighted by Crippen LogP contribution is 2.22. The first-order valence-corrected chi connectivity index (χ1v) is 7.18. The number of nitrogens with one attached hydrogen (secondary N) is 1. The molecule has 5 heteroatoms. The first-order chi connectivity index (χ1) is 8.95. The predicted octanol–water partition coefficient (Wildman–Crippen LogP) is 4.35. The number of amides is 1. The van der Waals surface area contributed by atoms with Crippen LogP contribution < -0.4 is 11.1 Å². The van der Waals surface area contributed by atoms with Crippen molar-refractivity contribution < 1.29 is 4.79 Å². The van der Waals surface area contributed by atoms with Crippen LogP contribution in [0.25, 0.3) is 0 Å². The summed E-state index contributed by atoms with van der Waals surface area (Å²) < 4.78 is 1.70. The third-order valence-electron chi connectivity index (χ3n) is 2.65. The van der Waals surface area contributed by atoms with Gasteiger partial charge in [0.2, 0.25) is 0 Å². The topological polar surface area (TPSA) is 55.1 Å². The van der Waals surface area contributed by atoms with Gasteiger partial charge >= 0.3 is 0 Å². The zero-order valence-electron chi connectivity index (χ0n) is 10.2. The van der Waals surface area contributed by atoms with Crippen LogP contribution in [0.2, 0.25) is 0 Å². The first-order valence-electron chi connectivity index (χ1n) is 5.59. The SMILES string of the molecule is Cc1cc(NC(=O)c2cc(Br)cc(Br)c2)ccc1N. The van der Waals surface area contributed by atoms with Gasteiger partial charge in [-0.3, -0.25) is 4.79 Å². The van der Waals surface area contributed by atoms with E-state index < -0.39 is 0 Å². The van der Waals surface area contributed by atoms with E-state index in [9.17, 15) is 4.79 Å². The number of rotatable bonds is 2. The normalized spacial score (nSPS) is 10.3. The van der Waals surface area contributed by atoms with Crippen LogP contribution in [0.4, 0.5) is 11.4 Å². The third-order valence-corrected chi connectivity index (χ3v) is 3.57. The van der Waals surface area contributed by atoms with E-state index in [2.05, 4.69) is 37.2 Å². The molecular formula is C14H12Br2N2O. The average molecular weight is 384 g/mol. The molecule has 19 heavy (non-hydrogen) atoms. The number of nitrogen functional groups attached to an aromatic ring is 1. The summed E-state index contributed by atoms with van der Waals surface area (Å²) in [6.45, 7) is 1.90. The van der Waals surface area contributed by atoms with E-state index in [1.54, 1.807) is 24.3 Å². The fourth-order valence-corrected chi connectivity index (χ4v) is 2.94. The van der Waals surface area contributed by atoms with Crippen LogP contribution in [-0.2, 0) is 0 Å². The van der Waals surface area contributed by atoms with E-state index in [-0.39, 0.29) is 5.91 Å². The van der Waals surface area contributed by atoms with Gasteiger partial charge in [-0.1, -0.05) is 31.9 Å². The van der Waals surface area contributed by atoms with Crippen molar-refractivity contribution in [1.29, 1.82) is 0 Å². The molecule has 0 fully saturated rings. The lowest BCUT2D eigenvalue weighted by Gasteiger charge is -2.08. The van der Waals surface area contributed by atoms with Crippen molar-refractivity contribution >= 4 is 49.1 Å². The summed E-state index contributed by atoms with van der Waals surface area (Å²) in [6, 6.07) is 10.8. The van der Waals surface area contributed by atoms with E-state index in [4.69, 9.17) is 5.73 Å². The van der Waals surface area contributed by atoms with E-state index in [0.717, 1.165) is 20.2 Å². The molecule has 0 aliphatic rings. The van der Waals surface area contributed by atoms with Crippen LogP contribution in [0.3, 0.4) is 0 Å². The molecule has 0 heterocycles. The Morgan fingerprint density at radius 1 is 1.11 bits per heavy atom. The molecule has 0 spiro atoms. The molecule has 3 N–H and O–H groups in total. The van der Waals surface area contributed by atoms with Gasteiger partial charge in [-0.2, -0.15) is 0 Å². The van der Waals surface area contributed by atoms with Crippen molar-refractivity contribution in [3.63, 3.8) is 0 Å². The second kappa shape index (κ2) is 5.75. The van der Waals surface area contributed by atoms with Crippen molar-refractivity contribution in [1.82, 2.24) is 0 Å². The largest absolute Gasteiger partial charge is 0.399 e. The maximum Gasteiger partial charge on any atom is 0.255 e. The molecular weight excluding hydrogens is 372 g/mol. The first kappa shape index (κ1) is 14.1. The summed E-state index contributed by atoms with van der Waals surface area (Å²) in [5.41, 5.74) is 8.70. The highest BCUT2D eigenvalue weighted by Gasteiger charge is 2.08. The summed E-state index contributed by atoms with van der Waals surface area (Å²) in [7, 11) is 0. The molecule has 2 rings (SSSR count). The second-order valence-corrected chi connectivity index (χ2v) is 6.01. The van der Waals surface area contributed by atoms with Gasteiger partial charge in [0.25, 0.3) is 5.91 Å². The summed E-state index contributed by atoms with van der Waals surface area (Å²) in [5.74, 6) is -0.161. The van der Waals surface area contributed by atoms with E-state index >= 15 is 0 Å². The van der Waals surface area contributed by atoms with Gasteiger partial charge in [-0.25, -0.2) is 0 Å². The standard InChI is InChI=1S/C14H12Br2N2O/c1-8-4-12(2-3-13(8)17)18-14(19)9-5-10(15)7-11(16)6-9/h2-7H,17H2,1H3,(H,18,19). The predicted molar refractivity (Wildman–Crippen MR) is 85.4 cm³/mol. The molecule has 1 amide bonds. The number of aryl methyl sites for hydroxylation is 1. The van der Waals surface area contributed by atoms with E-state index in [1.807, 2.05) is 19.1 Å². The Bertz CT molecular complexity index is 621. The zero-order chi connectivity index (χ0) is 14.0. The Morgan fingerprint density at radius 3 is 2.32 bits per heavy atom. The molecule has 98 valence electrons. The Kier molecular flexibility index (Phi) is 4.27. The molecule has 2 aromatic rings. The fraction of sp³-hybridized carbons (Fsp3) is 0.0714. The fourth-order valence-electron chi connectivity index (χ4n) is 1.64.